The fourth-order valence-corrected chi connectivity index (χ4v) is 1.29. The number of hydrogen-bond donors (Lipinski definition) is 3. The molecule has 82 valence electrons. The first-order chi connectivity index (χ1) is 7.27. The quantitative estimate of drug-likeness (QED) is 0.692. The van der Waals surface area contributed by atoms with Crippen molar-refractivity contribution in [3.05, 3.63) is 35.9 Å². The highest BCUT2D eigenvalue weighted by Gasteiger charge is 2.11. The Morgan fingerprint density at radius 3 is 2.60 bits per heavy atom. The van der Waals surface area contributed by atoms with Crippen LogP contribution in [0.4, 0.5) is 4.79 Å². The van der Waals surface area contributed by atoms with Gasteiger partial charge in [-0.1, -0.05) is 30.3 Å². The molecule has 2 amide bonds. The summed E-state index contributed by atoms with van der Waals surface area (Å²) in [5.41, 5.74) is 0.895. The molecule has 4 heteroatoms. The zero-order chi connectivity index (χ0) is 11.1. The van der Waals surface area contributed by atoms with Gasteiger partial charge in [0, 0.05) is 6.54 Å². The highest BCUT2D eigenvalue weighted by atomic mass is 16.3. The molecule has 0 fully saturated rings. The van der Waals surface area contributed by atoms with Crippen LogP contribution >= 0.6 is 0 Å². The van der Waals surface area contributed by atoms with Crippen LogP contribution in [0.5, 0.6) is 0 Å². The molecule has 3 N–H and O–H groups in total. The summed E-state index contributed by atoms with van der Waals surface area (Å²) < 4.78 is 0. The molecule has 0 unspecified atom stereocenters. The maximum Gasteiger partial charge on any atom is 0.315 e. The minimum atomic E-state index is -0.349. The van der Waals surface area contributed by atoms with Crippen LogP contribution < -0.4 is 10.6 Å². The number of nitrogens with one attached hydrogen (secondary N) is 2. The smallest absolute Gasteiger partial charge is 0.315 e. The van der Waals surface area contributed by atoms with Gasteiger partial charge < -0.3 is 15.7 Å². The van der Waals surface area contributed by atoms with Crippen LogP contribution in [0.3, 0.4) is 0 Å². The maximum absolute atomic E-state index is 11.3. The van der Waals surface area contributed by atoms with Gasteiger partial charge in [0.2, 0.25) is 0 Å². The lowest BCUT2D eigenvalue weighted by Crippen LogP contribution is -2.39. The molecular formula is C11H16N2O2. The standard InChI is InChI=1S/C11H16N2O2/c1-2-12-11(15)13-10(8-14)9-6-4-3-5-7-9/h3-7,10,14H,2,8H2,1H3,(H2,12,13,15)/t10-/m0/s1. The van der Waals surface area contributed by atoms with E-state index in [0.717, 1.165) is 5.56 Å². The normalized spacial score (nSPS) is 11.9. The SMILES string of the molecule is CCNC(=O)N[C@@H](CO)c1ccccc1. The second kappa shape index (κ2) is 6.03. The molecule has 0 saturated carbocycles. The average Bonchev–Trinajstić information content (AvgIpc) is 2.27. The van der Waals surface area contributed by atoms with Gasteiger partial charge in [-0.05, 0) is 12.5 Å². The van der Waals surface area contributed by atoms with Crippen molar-refractivity contribution < 1.29 is 9.90 Å². The molecule has 1 aromatic carbocycles. The Hall–Kier alpha value is -1.55. The number of rotatable bonds is 4. The number of hydrogen-bond acceptors (Lipinski definition) is 2. The van der Waals surface area contributed by atoms with Gasteiger partial charge in [-0.15, -0.1) is 0 Å². The van der Waals surface area contributed by atoms with E-state index in [4.69, 9.17) is 5.11 Å². The lowest BCUT2D eigenvalue weighted by Gasteiger charge is -2.16. The van der Waals surface area contributed by atoms with Crippen molar-refractivity contribution in [2.75, 3.05) is 13.2 Å². The van der Waals surface area contributed by atoms with Gasteiger partial charge in [-0.2, -0.15) is 0 Å². The summed E-state index contributed by atoms with van der Waals surface area (Å²) in [6.07, 6.45) is 0. The summed E-state index contributed by atoms with van der Waals surface area (Å²) in [7, 11) is 0. The first kappa shape index (κ1) is 11.5. The number of aliphatic hydroxyl groups excluding tert-OH is 1. The van der Waals surface area contributed by atoms with Crippen molar-refractivity contribution in [1.82, 2.24) is 10.6 Å². The predicted molar refractivity (Wildman–Crippen MR) is 58.5 cm³/mol. The minimum Gasteiger partial charge on any atom is -0.394 e. The molecule has 0 aliphatic carbocycles. The van der Waals surface area contributed by atoms with E-state index < -0.39 is 0 Å². The van der Waals surface area contributed by atoms with Crippen LogP contribution in [0.15, 0.2) is 30.3 Å². The van der Waals surface area contributed by atoms with Crippen LogP contribution in [0, 0.1) is 0 Å². The molecule has 1 rings (SSSR count). The minimum absolute atomic E-state index is 0.110. The second-order valence-electron chi connectivity index (χ2n) is 3.15. The first-order valence-corrected chi connectivity index (χ1v) is 4.98. The van der Waals surface area contributed by atoms with Gasteiger partial charge in [-0.25, -0.2) is 4.79 Å². The Bertz CT molecular complexity index is 301. The van der Waals surface area contributed by atoms with Crippen LogP contribution in [-0.2, 0) is 0 Å². The maximum atomic E-state index is 11.3. The van der Waals surface area contributed by atoms with Crippen molar-refractivity contribution in [3.8, 4) is 0 Å². The molecular weight excluding hydrogens is 192 g/mol. The third-order valence-electron chi connectivity index (χ3n) is 2.03. The van der Waals surface area contributed by atoms with E-state index >= 15 is 0 Å². The van der Waals surface area contributed by atoms with Gasteiger partial charge in [0.1, 0.15) is 0 Å². The fraction of sp³-hybridized carbons (Fsp3) is 0.364. The summed E-state index contributed by atoms with van der Waals surface area (Å²) >= 11 is 0. The zero-order valence-corrected chi connectivity index (χ0v) is 8.73. The highest BCUT2D eigenvalue weighted by Crippen LogP contribution is 2.10. The summed E-state index contributed by atoms with van der Waals surface area (Å²) in [6.45, 7) is 2.30. The molecule has 1 atom stereocenters. The lowest BCUT2D eigenvalue weighted by atomic mass is 10.1. The summed E-state index contributed by atoms with van der Waals surface area (Å²) in [4.78, 5) is 11.3. The van der Waals surface area contributed by atoms with E-state index in [9.17, 15) is 4.79 Å². The molecule has 0 spiro atoms. The van der Waals surface area contributed by atoms with Gasteiger partial charge in [0.25, 0.3) is 0 Å². The number of carbonyl (C=O) groups excluding carboxylic acids is 1. The molecule has 0 bridgehead atoms. The molecule has 0 aliphatic rings. The molecule has 0 radical (unpaired) electrons. The highest BCUT2D eigenvalue weighted by molar-refractivity contribution is 5.74. The third-order valence-corrected chi connectivity index (χ3v) is 2.03. The van der Waals surface area contributed by atoms with Crippen molar-refractivity contribution in [2.24, 2.45) is 0 Å². The van der Waals surface area contributed by atoms with Crippen molar-refractivity contribution in [1.29, 1.82) is 0 Å². The second-order valence-corrected chi connectivity index (χ2v) is 3.15. The van der Waals surface area contributed by atoms with Crippen molar-refractivity contribution in [3.63, 3.8) is 0 Å². The Morgan fingerprint density at radius 2 is 2.07 bits per heavy atom. The number of urea groups is 1. The summed E-state index contributed by atoms with van der Waals surface area (Å²) in [6, 6.07) is 8.76. The van der Waals surface area contributed by atoms with E-state index in [1.165, 1.54) is 0 Å². The number of amides is 2. The molecule has 1 aromatic rings. The lowest BCUT2D eigenvalue weighted by molar-refractivity contribution is 0.217. The van der Waals surface area contributed by atoms with Crippen LogP contribution in [0.1, 0.15) is 18.5 Å². The zero-order valence-electron chi connectivity index (χ0n) is 8.73. The van der Waals surface area contributed by atoms with Crippen molar-refractivity contribution >= 4 is 6.03 Å². The summed E-state index contributed by atoms with van der Waals surface area (Å²) in [5, 5.41) is 14.5. The average molecular weight is 208 g/mol. The monoisotopic (exact) mass is 208 g/mol. The molecule has 0 saturated heterocycles. The summed E-state index contributed by atoms with van der Waals surface area (Å²) in [5.74, 6) is 0. The van der Waals surface area contributed by atoms with Crippen LogP contribution in [0.25, 0.3) is 0 Å². The van der Waals surface area contributed by atoms with E-state index in [1.807, 2.05) is 37.3 Å². The Morgan fingerprint density at radius 1 is 1.40 bits per heavy atom. The van der Waals surface area contributed by atoms with Crippen LogP contribution in [-0.4, -0.2) is 24.3 Å². The Labute approximate surface area is 89.3 Å². The number of aliphatic hydroxyl groups is 1. The van der Waals surface area contributed by atoms with E-state index in [2.05, 4.69) is 10.6 Å². The molecule has 0 aromatic heterocycles. The first-order valence-electron chi connectivity index (χ1n) is 4.98. The van der Waals surface area contributed by atoms with Gasteiger partial charge in [0.15, 0.2) is 0 Å². The van der Waals surface area contributed by atoms with Crippen molar-refractivity contribution in [2.45, 2.75) is 13.0 Å². The number of benzene rings is 1. The van der Waals surface area contributed by atoms with E-state index in [0.29, 0.717) is 6.54 Å². The predicted octanol–water partition coefficient (Wildman–Crippen LogP) is 1.04. The van der Waals surface area contributed by atoms with Crippen LogP contribution in [0.2, 0.25) is 0 Å². The molecule has 4 nitrogen and oxygen atoms in total. The topological polar surface area (TPSA) is 61.4 Å². The Balaban J connectivity index is 2.61. The Kier molecular flexibility index (Phi) is 4.63. The van der Waals surface area contributed by atoms with E-state index in [1.54, 1.807) is 0 Å². The third kappa shape index (κ3) is 3.59. The van der Waals surface area contributed by atoms with Gasteiger partial charge >= 0.3 is 6.03 Å². The number of carbonyl (C=O) groups is 1. The molecule has 15 heavy (non-hydrogen) atoms. The van der Waals surface area contributed by atoms with E-state index in [-0.39, 0.29) is 18.7 Å². The van der Waals surface area contributed by atoms with Gasteiger partial charge in [-0.3, -0.25) is 0 Å². The fourth-order valence-electron chi connectivity index (χ4n) is 1.29. The van der Waals surface area contributed by atoms with Gasteiger partial charge in [0.05, 0.1) is 12.6 Å². The largest absolute Gasteiger partial charge is 0.394 e. The molecule has 0 aliphatic heterocycles. The molecule has 0 heterocycles.